The highest BCUT2D eigenvalue weighted by Crippen LogP contribution is 2.37. The normalized spacial score (nSPS) is 37.1. The molecule has 1 aliphatic carbocycles. The van der Waals surface area contributed by atoms with Gasteiger partial charge in [0.2, 0.25) is 0 Å². The average Bonchev–Trinajstić information content (AvgIpc) is 2.85. The van der Waals surface area contributed by atoms with Crippen molar-refractivity contribution in [2.24, 2.45) is 11.3 Å². The zero-order valence-electron chi connectivity index (χ0n) is 11.9. The molecule has 0 aromatic carbocycles. The third-order valence-electron chi connectivity index (χ3n) is 4.64. The van der Waals surface area contributed by atoms with Crippen molar-refractivity contribution in [2.75, 3.05) is 26.7 Å². The second kappa shape index (κ2) is 6.16. The van der Waals surface area contributed by atoms with Crippen LogP contribution in [0.25, 0.3) is 0 Å². The maximum Gasteiger partial charge on any atom is 0.127 e. The first-order valence-corrected chi connectivity index (χ1v) is 7.40. The van der Waals surface area contributed by atoms with Gasteiger partial charge in [-0.25, -0.2) is 0 Å². The lowest BCUT2D eigenvalue weighted by Gasteiger charge is -2.38. The van der Waals surface area contributed by atoms with Gasteiger partial charge >= 0.3 is 0 Å². The fourth-order valence-corrected chi connectivity index (χ4v) is 3.39. The largest absolute Gasteiger partial charge is 0.377 e. The van der Waals surface area contributed by atoms with Gasteiger partial charge in [0.1, 0.15) is 6.29 Å². The Kier molecular flexibility index (Phi) is 4.79. The molecular weight excluding hydrogens is 226 g/mol. The quantitative estimate of drug-likeness (QED) is 0.705. The van der Waals surface area contributed by atoms with Crippen LogP contribution in [0.5, 0.6) is 0 Å². The van der Waals surface area contributed by atoms with Crippen molar-refractivity contribution in [1.29, 1.82) is 0 Å². The van der Waals surface area contributed by atoms with Gasteiger partial charge in [0.25, 0.3) is 0 Å². The maximum absolute atomic E-state index is 11.5. The Bertz CT molecular complexity index is 266. The summed E-state index contributed by atoms with van der Waals surface area (Å²) in [5.41, 5.74) is -0.0835. The monoisotopic (exact) mass is 253 g/mol. The van der Waals surface area contributed by atoms with Crippen LogP contribution in [0.4, 0.5) is 0 Å². The number of likely N-dealkylation sites (N-methyl/N-ethyl adjacent to an activating group) is 1. The number of ether oxygens (including phenoxy) is 1. The van der Waals surface area contributed by atoms with Gasteiger partial charge in [0, 0.05) is 25.1 Å². The lowest BCUT2D eigenvalue weighted by molar-refractivity contribution is -0.119. The summed E-state index contributed by atoms with van der Waals surface area (Å²) in [5, 5.41) is 0. The van der Waals surface area contributed by atoms with Crippen LogP contribution in [0.2, 0.25) is 0 Å². The van der Waals surface area contributed by atoms with Gasteiger partial charge in [-0.1, -0.05) is 6.92 Å². The standard InChI is InChI=1S/C15H27NO2/c1-13-5-7-15(12-17,8-6-13)11-16(2)10-14-4-3-9-18-14/h12-14H,3-11H2,1-2H3. The number of carbonyl (C=O) groups excluding carboxylic acids is 1. The Morgan fingerprint density at radius 1 is 1.33 bits per heavy atom. The molecule has 1 atom stereocenters. The molecule has 2 rings (SSSR count). The SMILES string of the molecule is CC1CCC(C=O)(CN(C)CC2CCCO2)CC1. The van der Waals surface area contributed by atoms with Gasteiger partial charge in [-0.3, -0.25) is 0 Å². The number of rotatable bonds is 5. The summed E-state index contributed by atoms with van der Waals surface area (Å²) in [6, 6.07) is 0. The van der Waals surface area contributed by atoms with E-state index in [1.807, 2.05) is 0 Å². The molecule has 0 aromatic heterocycles. The molecule has 2 fully saturated rings. The molecule has 1 aliphatic heterocycles. The lowest BCUT2D eigenvalue weighted by atomic mass is 9.71. The van der Waals surface area contributed by atoms with Crippen molar-refractivity contribution in [3.05, 3.63) is 0 Å². The third-order valence-corrected chi connectivity index (χ3v) is 4.64. The lowest BCUT2D eigenvalue weighted by Crippen LogP contribution is -2.42. The maximum atomic E-state index is 11.5. The minimum absolute atomic E-state index is 0.0835. The highest BCUT2D eigenvalue weighted by Gasteiger charge is 2.35. The molecule has 3 nitrogen and oxygen atoms in total. The second-order valence-corrected chi connectivity index (χ2v) is 6.49. The molecule has 18 heavy (non-hydrogen) atoms. The van der Waals surface area contributed by atoms with Crippen LogP contribution in [0.3, 0.4) is 0 Å². The Hall–Kier alpha value is -0.410. The van der Waals surface area contributed by atoms with Crippen LogP contribution >= 0.6 is 0 Å². The highest BCUT2D eigenvalue weighted by molar-refractivity contribution is 5.60. The summed E-state index contributed by atoms with van der Waals surface area (Å²) in [6.07, 6.45) is 8.51. The van der Waals surface area contributed by atoms with E-state index < -0.39 is 0 Å². The average molecular weight is 253 g/mol. The number of hydrogen-bond donors (Lipinski definition) is 0. The van der Waals surface area contributed by atoms with E-state index in [4.69, 9.17) is 4.74 Å². The van der Waals surface area contributed by atoms with Crippen LogP contribution in [-0.2, 0) is 9.53 Å². The number of aldehydes is 1. The summed E-state index contributed by atoms with van der Waals surface area (Å²) in [4.78, 5) is 13.8. The van der Waals surface area contributed by atoms with E-state index in [1.165, 1.54) is 32.0 Å². The predicted octanol–water partition coefficient (Wildman–Crippen LogP) is 2.49. The Morgan fingerprint density at radius 3 is 2.61 bits per heavy atom. The molecule has 1 unspecified atom stereocenters. The molecule has 1 heterocycles. The predicted molar refractivity (Wildman–Crippen MR) is 72.6 cm³/mol. The van der Waals surface area contributed by atoms with Crippen LogP contribution in [-0.4, -0.2) is 44.0 Å². The van der Waals surface area contributed by atoms with E-state index in [-0.39, 0.29) is 5.41 Å². The van der Waals surface area contributed by atoms with Crippen molar-refractivity contribution in [3.63, 3.8) is 0 Å². The van der Waals surface area contributed by atoms with Gasteiger partial charge in [-0.2, -0.15) is 0 Å². The summed E-state index contributed by atoms with van der Waals surface area (Å²) >= 11 is 0. The zero-order chi connectivity index (χ0) is 13.0. The fraction of sp³-hybridized carbons (Fsp3) is 0.933. The number of carbonyl (C=O) groups is 1. The Morgan fingerprint density at radius 2 is 2.06 bits per heavy atom. The van der Waals surface area contributed by atoms with Gasteiger partial charge < -0.3 is 14.4 Å². The molecule has 0 bridgehead atoms. The van der Waals surface area contributed by atoms with Crippen molar-refractivity contribution >= 4 is 6.29 Å². The Labute approximate surface area is 111 Å². The van der Waals surface area contributed by atoms with Gasteiger partial charge in [-0.15, -0.1) is 0 Å². The van der Waals surface area contributed by atoms with Crippen molar-refractivity contribution < 1.29 is 9.53 Å². The number of hydrogen-bond acceptors (Lipinski definition) is 3. The van der Waals surface area contributed by atoms with Crippen molar-refractivity contribution in [3.8, 4) is 0 Å². The van der Waals surface area contributed by atoms with Crippen molar-refractivity contribution in [1.82, 2.24) is 4.90 Å². The minimum atomic E-state index is -0.0835. The van der Waals surface area contributed by atoms with Crippen LogP contribution in [0.1, 0.15) is 45.4 Å². The van der Waals surface area contributed by atoms with E-state index in [1.54, 1.807) is 0 Å². The highest BCUT2D eigenvalue weighted by atomic mass is 16.5. The second-order valence-electron chi connectivity index (χ2n) is 6.49. The summed E-state index contributed by atoms with van der Waals surface area (Å²) in [5.74, 6) is 0.793. The first-order chi connectivity index (χ1) is 8.63. The van der Waals surface area contributed by atoms with Crippen molar-refractivity contribution in [2.45, 2.75) is 51.6 Å². The molecule has 104 valence electrons. The fourth-order valence-electron chi connectivity index (χ4n) is 3.39. The molecule has 0 N–H and O–H groups in total. The molecular formula is C15H27NO2. The summed E-state index contributed by atoms with van der Waals surface area (Å²) < 4.78 is 5.67. The smallest absolute Gasteiger partial charge is 0.127 e. The zero-order valence-corrected chi connectivity index (χ0v) is 11.9. The molecule has 1 saturated heterocycles. The molecule has 2 aliphatic rings. The molecule has 3 heteroatoms. The molecule has 0 radical (unpaired) electrons. The van der Waals surface area contributed by atoms with E-state index in [2.05, 4.69) is 18.9 Å². The Balaban J connectivity index is 1.83. The van der Waals surface area contributed by atoms with Crippen LogP contribution in [0, 0.1) is 11.3 Å². The molecule has 0 aromatic rings. The van der Waals surface area contributed by atoms with E-state index in [9.17, 15) is 4.79 Å². The summed E-state index contributed by atoms with van der Waals surface area (Å²) in [7, 11) is 2.13. The first-order valence-electron chi connectivity index (χ1n) is 7.40. The van der Waals surface area contributed by atoms with Crippen LogP contribution < -0.4 is 0 Å². The molecule has 1 saturated carbocycles. The van der Waals surface area contributed by atoms with Crippen LogP contribution in [0.15, 0.2) is 0 Å². The minimum Gasteiger partial charge on any atom is -0.377 e. The van der Waals surface area contributed by atoms with Gasteiger partial charge in [0.05, 0.1) is 6.10 Å². The van der Waals surface area contributed by atoms with E-state index >= 15 is 0 Å². The molecule has 0 spiro atoms. The van der Waals surface area contributed by atoms with Gasteiger partial charge in [0.15, 0.2) is 0 Å². The summed E-state index contributed by atoms with van der Waals surface area (Å²) in [6.45, 7) is 5.09. The molecule has 0 amide bonds. The van der Waals surface area contributed by atoms with E-state index in [0.29, 0.717) is 6.10 Å². The third kappa shape index (κ3) is 3.55. The first kappa shape index (κ1) is 14.0. The number of nitrogens with zero attached hydrogens (tertiary/aromatic N) is 1. The van der Waals surface area contributed by atoms with Gasteiger partial charge in [-0.05, 0) is 51.5 Å². The van der Waals surface area contributed by atoms with E-state index in [0.717, 1.165) is 38.5 Å². The topological polar surface area (TPSA) is 29.5 Å².